The van der Waals surface area contributed by atoms with Crippen LogP contribution in [0.5, 0.6) is 11.5 Å². The zero-order chi connectivity index (χ0) is 24.9. The van der Waals surface area contributed by atoms with Crippen molar-refractivity contribution in [2.24, 2.45) is 0 Å². The van der Waals surface area contributed by atoms with Gasteiger partial charge in [0.2, 0.25) is 5.91 Å². The van der Waals surface area contributed by atoms with Crippen molar-refractivity contribution in [3.63, 3.8) is 0 Å². The summed E-state index contributed by atoms with van der Waals surface area (Å²) < 4.78 is 13.4. The van der Waals surface area contributed by atoms with Gasteiger partial charge >= 0.3 is 0 Å². The molecule has 1 unspecified atom stereocenters. The van der Waals surface area contributed by atoms with E-state index in [1.54, 1.807) is 36.3 Å². The molecule has 0 aliphatic carbocycles. The van der Waals surface area contributed by atoms with Crippen LogP contribution in [0.25, 0.3) is 0 Å². The molecule has 0 saturated heterocycles. The highest BCUT2D eigenvalue weighted by Gasteiger charge is 2.35. The third-order valence-corrected chi connectivity index (χ3v) is 6.47. The smallest absolute Gasteiger partial charge is 0.261 e. The average molecular weight is 496 g/mol. The molecule has 35 heavy (non-hydrogen) atoms. The van der Waals surface area contributed by atoms with Crippen LogP contribution >= 0.6 is 11.6 Å². The number of aromatic nitrogens is 1. The first-order chi connectivity index (χ1) is 16.9. The third kappa shape index (κ3) is 5.46. The number of halogens is 1. The average Bonchev–Trinajstić information content (AvgIpc) is 3.35. The fourth-order valence-corrected chi connectivity index (χ4v) is 4.55. The van der Waals surface area contributed by atoms with Crippen molar-refractivity contribution in [1.29, 1.82) is 0 Å². The molecule has 7 nitrogen and oxygen atoms in total. The maximum absolute atomic E-state index is 13.7. The number of nitrogens with zero attached hydrogens (tertiary/aromatic N) is 3. The summed E-state index contributed by atoms with van der Waals surface area (Å²) in [6.45, 7) is 4.82. The van der Waals surface area contributed by atoms with E-state index in [1.165, 1.54) is 0 Å². The van der Waals surface area contributed by atoms with E-state index in [1.807, 2.05) is 61.3 Å². The van der Waals surface area contributed by atoms with Crippen molar-refractivity contribution in [2.75, 3.05) is 26.8 Å². The zero-order valence-electron chi connectivity index (χ0n) is 20.2. The Morgan fingerprint density at radius 1 is 1.06 bits per heavy atom. The molecule has 0 bridgehead atoms. The first kappa shape index (κ1) is 24.7. The molecule has 2 amide bonds. The number of para-hydroxylation sites is 1. The van der Waals surface area contributed by atoms with E-state index < -0.39 is 0 Å². The van der Waals surface area contributed by atoms with Crippen molar-refractivity contribution in [1.82, 2.24) is 14.4 Å². The highest BCUT2D eigenvalue weighted by atomic mass is 35.5. The number of methoxy groups -OCH3 is 1. The Balaban J connectivity index is 1.53. The van der Waals surface area contributed by atoms with Crippen molar-refractivity contribution in [2.45, 2.75) is 32.5 Å². The van der Waals surface area contributed by atoms with Gasteiger partial charge < -0.3 is 23.8 Å². The van der Waals surface area contributed by atoms with Gasteiger partial charge in [0.1, 0.15) is 24.1 Å². The summed E-state index contributed by atoms with van der Waals surface area (Å²) in [5.74, 6) is 0.892. The molecule has 184 valence electrons. The largest absolute Gasteiger partial charge is 0.496 e. The molecule has 1 aromatic heterocycles. The summed E-state index contributed by atoms with van der Waals surface area (Å²) in [7, 11) is 1.63. The molecular formula is C27H30ClN3O4. The number of hydrogen-bond donors (Lipinski definition) is 0. The third-order valence-electron chi connectivity index (χ3n) is 6.22. The fourth-order valence-electron chi connectivity index (χ4n) is 4.43. The minimum atomic E-state index is -0.308. The van der Waals surface area contributed by atoms with Crippen LogP contribution in [0.3, 0.4) is 0 Å². The SMILES string of the molecule is COc1ccccc1C1c2cccn2CCN1C(=O)CN(C(=O)COc1ccc(Cl)cc1)C(C)C. The van der Waals surface area contributed by atoms with Gasteiger partial charge in [-0.2, -0.15) is 0 Å². The van der Waals surface area contributed by atoms with E-state index in [0.717, 1.165) is 17.0 Å². The molecule has 1 aliphatic rings. The van der Waals surface area contributed by atoms with Crippen LogP contribution in [0.2, 0.25) is 5.02 Å². The first-order valence-electron chi connectivity index (χ1n) is 11.6. The van der Waals surface area contributed by atoms with Crippen LogP contribution in [0.15, 0.2) is 66.9 Å². The molecule has 4 rings (SSSR count). The predicted octanol–water partition coefficient (Wildman–Crippen LogP) is 4.40. The van der Waals surface area contributed by atoms with E-state index in [2.05, 4.69) is 4.57 Å². The lowest BCUT2D eigenvalue weighted by molar-refractivity contribution is -0.144. The number of benzene rings is 2. The Morgan fingerprint density at radius 3 is 2.51 bits per heavy atom. The monoisotopic (exact) mass is 495 g/mol. The Bertz CT molecular complexity index is 1180. The molecule has 1 atom stereocenters. The zero-order valence-corrected chi connectivity index (χ0v) is 20.9. The van der Waals surface area contributed by atoms with Crippen molar-refractivity contribution in [3.05, 3.63) is 83.1 Å². The van der Waals surface area contributed by atoms with Crippen molar-refractivity contribution >= 4 is 23.4 Å². The molecule has 8 heteroatoms. The molecule has 2 heterocycles. The minimum absolute atomic E-state index is 0.0349. The molecular weight excluding hydrogens is 466 g/mol. The van der Waals surface area contributed by atoms with Gasteiger partial charge in [-0.1, -0.05) is 29.8 Å². The molecule has 2 aromatic carbocycles. The molecule has 0 radical (unpaired) electrons. The number of rotatable bonds is 8. The molecule has 0 fully saturated rings. The summed E-state index contributed by atoms with van der Waals surface area (Å²) in [5, 5.41) is 0.593. The number of ether oxygens (including phenoxy) is 2. The standard InChI is InChI=1S/C27H30ClN3O4/c1-19(2)31(26(33)18-35-21-12-10-20(28)11-13-21)17-25(32)30-16-15-29-14-6-8-23(29)27(30)22-7-4-5-9-24(22)34-3/h4-14,19,27H,15-18H2,1-3H3. The predicted molar refractivity (Wildman–Crippen MR) is 135 cm³/mol. The van der Waals surface area contributed by atoms with Crippen LogP contribution in [0, 0.1) is 0 Å². The lowest BCUT2D eigenvalue weighted by atomic mass is 9.98. The van der Waals surface area contributed by atoms with Crippen LogP contribution in [-0.2, 0) is 16.1 Å². The van der Waals surface area contributed by atoms with Gasteiger partial charge in [-0.15, -0.1) is 0 Å². The Labute approximate surface area is 210 Å². The van der Waals surface area contributed by atoms with Crippen LogP contribution < -0.4 is 9.47 Å². The summed E-state index contributed by atoms with van der Waals surface area (Å²) in [6, 6.07) is 18.1. The van der Waals surface area contributed by atoms with Gasteiger partial charge in [-0.05, 0) is 56.3 Å². The van der Waals surface area contributed by atoms with Crippen LogP contribution in [0.1, 0.15) is 31.1 Å². The second-order valence-corrected chi connectivity index (χ2v) is 9.15. The Kier molecular flexibility index (Phi) is 7.66. The van der Waals surface area contributed by atoms with Gasteiger partial charge in [-0.25, -0.2) is 0 Å². The summed E-state index contributed by atoms with van der Waals surface area (Å²) >= 11 is 5.91. The number of amides is 2. The maximum atomic E-state index is 13.7. The quantitative estimate of drug-likeness (QED) is 0.464. The van der Waals surface area contributed by atoms with E-state index in [4.69, 9.17) is 21.1 Å². The fraction of sp³-hybridized carbons (Fsp3) is 0.333. The van der Waals surface area contributed by atoms with Gasteiger partial charge in [0.15, 0.2) is 6.61 Å². The first-order valence-corrected chi connectivity index (χ1v) is 12.0. The van der Waals surface area contributed by atoms with Crippen molar-refractivity contribution < 1.29 is 19.1 Å². The van der Waals surface area contributed by atoms with Gasteiger partial charge in [0.25, 0.3) is 5.91 Å². The second kappa shape index (κ2) is 10.9. The summed E-state index contributed by atoms with van der Waals surface area (Å²) in [5.41, 5.74) is 1.93. The van der Waals surface area contributed by atoms with Crippen LogP contribution in [-0.4, -0.2) is 59.0 Å². The summed E-state index contributed by atoms with van der Waals surface area (Å²) in [4.78, 5) is 30.1. The molecule has 0 N–H and O–H groups in total. The number of carbonyl (C=O) groups is 2. The van der Waals surface area contributed by atoms with E-state index in [0.29, 0.717) is 23.9 Å². The number of hydrogen-bond acceptors (Lipinski definition) is 4. The maximum Gasteiger partial charge on any atom is 0.261 e. The number of fused-ring (bicyclic) bond motifs is 1. The highest BCUT2D eigenvalue weighted by Crippen LogP contribution is 2.37. The van der Waals surface area contributed by atoms with Gasteiger partial charge in [0.05, 0.1) is 7.11 Å². The molecule has 3 aromatic rings. The highest BCUT2D eigenvalue weighted by molar-refractivity contribution is 6.30. The van der Waals surface area contributed by atoms with Crippen molar-refractivity contribution in [3.8, 4) is 11.5 Å². The lowest BCUT2D eigenvalue weighted by Crippen LogP contribution is -2.50. The number of carbonyl (C=O) groups excluding carboxylic acids is 2. The Morgan fingerprint density at radius 2 is 1.80 bits per heavy atom. The Hall–Kier alpha value is -3.45. The van der Waals surface area contributed by atoms with E-state index >= 15 is 0 Å². The van der Waals surface area contributed by atoms with Gasteiger partial charge in [0, 0.05) is 41.6 Å². The topological polar surface area (TPSA) is 64.0 Å². The second-order valence-electron chi connectivity index (χ2n) is 8.72. The van der Waals surface area contributed by atoms with E-state index in [-0.39, 0.29) is 37.0 Å². The van der Waals surface area contributed by atoms with Crippen LogP contribution in [0.4, 0.5) is 0 Å². The summed E-state index contributed by atoms with van der Waals surface area (Å²) in [6.07, 6.45) is 2.03. The van der Waals surface area contributed by atoms with Gasteiger partial charge in [-0.3, -0.25) is 9.59 Å². The normalized spacial score (nSPS) is 15.0. The lowest BCUT2D eigenvalue weighted by Gasteiger charge is -2.39. The molecule has 0 spiro atoms. The minimum Gasteiger partial charge on any atom is -0.496 e. The molecule has 1 aliphatic heterocycles. The molecule has 0 saturated carbocycles. The van der Waals surface area contributed by atoms with E-state index in [9.17, 15) is 9.59 Å².